The highest BCUT2D eigenvalue weighted by atomic mass is 19.1. The van der Waals surface area contributed by atoms with Crippen LogP contribution in [0.1, 0.15) is 68.8 Å². The molecule has 0 radical (unpaired) electrons. The molecule has 2 fully saturated rings. The summed E-state index contributed by atoms with van der Waals surface area (Å²) < 4.78 is 28.5. The Morgan fingerprint density at radius 3 is 2.21 bits per heavy atom. The van der Waals surface area contributed by atoms with Crippen molar-refractivity contribution in [2.24, 2.45) is 5.92 Å². The van der Waals surface area contributed by atoms with Crippen molar-refractivity contribution in [3.8, 4) is 0 Å². The first-order valence-electron chi connectivity index (χ1n) is 13.9. The van der Waals surface area contributed by atoms with Crippen LogP contribution < -0.4 is 10.2 Å². The van der Waals surface area contributed by atoms with Crippen LogP contribution in [0.4, 0.5) is 14.5 Å². The number of halogens is 2. The van der Waals surface area contributed by atoms with Gasteiger partial charge in [-0.25, -0.2) is 8.78 Å². The van der Waals surface area contributed by atoms with E-state index >= 15 is 0 Å². The molecule has 2 aromatic carbocycles. The quantitative estimate of drug-likeness (QED) is 0.584. The number of carbonyl (C=O) groups is 2. The van der Waals surface area contributed by atoms with E-state index in [2.05, 4.69) is 61.9 Å². The van der Waals surface area contributed by atoms with Crippen molar-refractivity contribution in [1.29, 1.82) is 0 Å². The normalized spacial score (nSPS) is 21.3. The van der Waals surface area contributed by atoms with Crippen LogP contribution in [-0.2, 0) is 9.59 Å². The summed E-state index contributed by atoms with van der Waals surface area (Å²) in [5, 5.41) is 3.01. The van der Waals surface area contributed by atoms with E-state index < -0.39 is 17.6 Å². The summed E-state index contributed by atoms with van der Waals surface area (Å²) in [5.41, 5.74) is 4.73. The van der Waals surface area contributed by atoms with Crippen LogP contribution in [0.15, 0.2) is 30.3 Å². The van der Waals surface area contributed by atoms with Gasteiger partial charge in [-0.3, -0.25) is 14.5 Å². The van der Waals surface area contributed by atoms with Crippen LogP contribution in [-0.4, -0.2) is 66.4 Å². The molecule has 4 rings (SSSR count). The molecule has 212 valence electrons. The lowest BCUT2D eigenvalue weighted by Gasteiger charge is -2.39. The van der Waals surface area contributed by atoms with Crippen molar-refractivity contribution in [2.75, 3.05) is 44.2 Å². The summed E-state index contributed by atoms with van der Waals surface area (Å²) in [6.07, 6.45) is 0. The summed E-state index contributed by atoms with van der Waals surface area (Å²) in [7, 11) is 0. The maximum absolute atomic E-state index is 14.9. The number of amides is 2. The number of nitrogens with one attached hydrogen (secondary N) is 1. The first-order valence-corrected chi connectivity index (χ1v) is 13.9. The SMILES string of the molecule is CC(=O)NC(C)c1cc(C)c(C)cc1N1CCN(C(=O)[C@@H]2CN(C(C)(C)C)C[C@H]2c2ccc(F)cc2F)CC1. The fourth-order valence-electron chi connectivity index (χ4n) is 5.95. The molecule has 8 heteroatoms. The molecular formula is C31H42F2N4O2. The standard InChI is InChI=1S/C31H42F2N4O2/c1-19-14-25(21(3)34-22(4)38)29(15-20(19)2)35-10-12-36(13-11-35)30(39)27-18-37(31(5,6)7)17-26(27)24-9-8-23(32)16-28(24)33/h8-9,14-16,21,26-27H,10-13,17-18H2,1-7H3,(H,34,38)/t21?,26-,27+/m0/s1. The van der Waals surface area contributed by atoms with Gasteiger partial charge in [-0.1, -0.05) is 12.1 Å². The Kier molecular flexibility index (Phi) is 8.36. The minimum atomic E-state index is -0.612. The van der Waals surface area contributed by atoms with Crippen LogP contribution in [0.3, 0.4) is 0 Å². The topological polar surface area (TPSA) is 55.9 Å². The Balaban J connectivity index is 1.53. The largest absolute Gasteiger partial charge is 0.368 e. The average molecular weight is 541 g/mol. The molecule has 0 aromatic heterocycles. The molecule has 0 spiro atoms. The second-order valence-corrected chi connectivity index (χ2v) is 12.2. The van der Waals surface area contributed by atoms with Crippen molar-refractivity contribution in [3.63, 3.8) is 0 Å². The number of piperazine rings is 1. The third kappa shape index (κ3) is 6.26. The highest BCUT2D eigenvalue weighted by molar-refractivity contribution is 5.81. The van der Waals surface area contributed by atoms with E-state index in [1.54, 1.807) is 0 Å². The zero-order valence-electron chi connectivity index (χ0n) is 24.3. The molecular weight excluding hydrogens is 498 g/mol. The van der Waals surface area contributed by atoms with Crippen LogP contribution >= 0.6 is 0 Å². The molecule has 0 aliphatic carbocycles. The number of likely N-dealkylation sites (tertiary alicyclic amines) is 1. The summed E-state index contributed by atoms with van der Waals surface area (Å²) in [6.45, 7) is 17.5. The fraction of sp³-hybridized carbons (Fsp3) is 0.548. The van der Waals surface area contributed by atoms with Gasteiger partial charge in [0.25, 0.3) is 0 Å². The number of nitrogens with zero attached hydrogens (tertiary/aromatic N) is 3. The Bertz CT molecular complexity index is 1230. The van der Waals surface area contributed by atoms with Gasteiger partial charge in [-0.15, -0.1) is 0 Å². The van der Waals surface area contributed by atoms with Crippen LogP contribution in [0.25, 0.3) is 0 Å². The lowest BCUT2D eigenvalue weighted by Crippen LogP contribution is -2.51. The van der Waals surface area contributed by atoms with E-state index in [-0.39, 0.29) is 29.3 Å². The van der Waals surface area contributed by atoms with E-state index in [4.69, 9.17) is 0 Å². The maximum atomic E-state index is 14.9. The van der Waals surface area contributed by atoms with Crippen molar-refractivity contribution in [2.45, 2.75) is 66.0 Å². The van der Waals surface area contributed by atoms with Crippen molar-refractivity contribution < 1.29 is 18.4 Å². The van der Waals surface area contributed by atoms with E-state index in [1.165, 1.54) is 30.2 Å². The molecule has 2 aromatic rings. The van der Waals surface area contributed by atoms with Gasteiger partial charge in [0, 0.05) is 69.4 Å². The van der Waals surface area contributed by atoms with E-state index in [1.807, 2.05) is 11.8 Å². The lowest BCUT2D eigenvalue weighted by atomic mass is 9.87. The van der Waals surface area contributed by atoms with Crippen molar-refractivity contribution >= 4 is 17.5 Å². The molecule has 3 atom stereocenters. The second kappa shape index (κ2) is 11.2. The third-order valence-electron chi connectivity index (χ3n) is 8.41. The number of rotatable bonds is 5. The first-order chi connectivity index (χ1) is 18.3. The zero-order chi connectivity index (χ0) is 28.6. The molecule has 2 aliphatic rings. The van der Waals surface area contributed by atoms with Gasteiger partial charge in [0.1, 0.15) is 11.6 Å². The van der Waals surface area contributed by atoms with Gasteiger partial charge in [0.15, 0.2) is 0 Å². The van der Waals surface area contributed by atoms with Gasteiger partial charge in [-0.2, -0.15) is 0 Å². The molecule has 39 heavy (non-hydrogen) atoms. The summed E-state index contributed by atoms with van der Waals surface area (Å²) in [6, 6.07) is 7.87. The van der Waals surface area contributed by atoms with Gasteiger partial charge >= 0.3 is 0 Å². The third-order valence-corrected chi connectivity index (χ3v) is 8.41. The van der Waals surface area contributed by atoms with Crippen LogP contribution in [0.5, 0.6) is 0 Å². The number of aryl methyl sites for hydroxylation is 2. The summed E-state index contributed by atoms with van der Waals surface area (Å²) in [4.78, 5) is 32.1. The number of anilines is 1. The Labute approximate surface area is 231 Å². The lowest BCUT2D eigenvalue weighted by molar-refractivity contribution is -0.136. The van der Waals surface area contributed by atoms with E-state index in [9.17, 15) is 18.4 Å². The molecule has 6 nitrogen and oxygen atoms in total. The van der Waals surface area contributed by atoms with Gasteiger partial charge in [-0.05, 0) is 75.9 Å². The van der Waals surface area contributed by atoms with Crippen molar-refractivity contribution in [3.05, 3.63) is 64.2 Å². The highest BCUT2D eigenvalue weighted by Crippen LogP contribution is 2.39. The Morgan fingerprint density at radius 2 is 1.62 bits per heavy atom. The van der Waals surface area contributed by atoms with Gasteiger partial charge < -0.3 is 15.1 Å². The maximum Gasteiger partial charge on any atom is 0.227 e. The second-order valence-electron chi connectivity index (χ2n) is 12.2. The molecule has 0 bridgehead atoms. The molecule has 1 unspecified atom stereocenters. The monoisotopic (exact) mass is 540 g/mol. The fourth-order valence-corrected chi connectivity index (χ4v) is 5.95. The number of carbonyl (C=O) groups excluding carboxylic acids is 2. The molecule has 0 saturated carbocycles. The van der Waals surface area contributed by atoms with E-state index in [0.29, 0.717) is 44.8 Å². The predicted molar refractivity (Wildman–Crippen MR) is 151 cm³/mol. The van der Waals surface area contributed by atoms with E-state index in [0.717, 1.165) is 17.3 Å². The van der Waals surface area contributed by atoms with Crippen LogP contribution in [0, 0.1) is 31.4 Å². The molecule has 2 amide bonds. The minimum absolute atomic E-state index is 0.0297. The highest BCUT2D eigenvalue weighted by Gasteiger charge is 2.44. The molecule has 2 heterocycles. The smallest absolute Gasteiger partial charge is 0.227 e. The minimum Gasteiger partial charge on any atom is -0.368 e. The van der Waals surface area contributed by atoms with Gasteiger partial charge in [0.2, 0.25) is 11.8 Å². The Hall–Kier alpha value is -3.00. The first kappa shape index (κ1) is 29.0. The van der Waals surface area contributed by atoms with Gasteiger partial charge in [0.05, 0.1) is 12.0 Å². The number of hydrogen-bond acceptors (Lipinski definition) is 4. The molecule has 2 saturated heterocycles. The molecule has 1 N–H and O–H groups in total. The van der Waals surface area contributed by atoms with Crippen molar-refractivity contribution in [1.82, 2.24) is 15.1 Å². The number of benzene rings is 2. The summed E-state index contributed by atoms with van der Waals surface area (Å²) in [5.74, 6) is -1.97. The predicted octanol–water partition coefficient (Wildman–Crippen LogP) is 4.94. The molecule has 2 aliphatic heterocycles. The average Bonchev–Trinajstić information content (AvgIpc) is 3.30. The Morgan fingerprint density at radius 1 is 0.974 bits per heavy atom. The zero-order valence-corrected chi connectivity index (χ0v) is 24.3. The summed E-state index contributed by atoms with van der Waals surface area (Å²) >= 11 is 0. The number of hydrogen-bond donors (Lipinski definition) is 1. The van der Waals surface area contributed by atoms with Crippen LogP contribution in [0.2, 0.25) is 0 Å².